The minimum absolute atomic E-state index is 0.0423. The molecule has 0 aliphatic carbocycles. The van der Waals surface area contributed by atoms with Gasteiger partial charge in [-0.15, -0.1) is 0 Å². The van der Waals surface area contributed by atoms with Crippen molar-refractivity contribution in [2.75, 3.05) is 0 Å². The molecule has 0 saturated carbocycles. The van der Waals surface area contributed by atoms with Gasteiger partial charge in [-0.2, -0.15) is 13.2 Å². The first-order chi connectivity index (χ1) is 9.86. The van der Waals surface area contributed by atoms with Gasteiger partial charge in [0, 0.05) is 23.8 Å². The zero-order chi connectivity index (χ0) is 15.2. The predicted octanol–water partition coefficient (Wildman–Crippen LogP) is 3.06. The van der Waals surface area contributed by atoms with E-state index in [-0.39, 0.29) is 23.7 Å². The van der Waals surface area contributed by atoms with Crippen LogP contribution in [0.3, 0.4) is 0 Å². The zero-order valence-electron chi connectivity index (χ0n) is 11.5. The van der Waals surface area contributed by atoms with E-state index >= 15 is 0 Å². The molecule has 0 saturated heterocycles. The van der Waals surface area contributed by atoms with Crippen molar-refractivity contribution in [3.8, 4) is 0 Å². The molecule has 0 aromatic heterocycles. The van der Waals surface area contributed by atoms with Crippen molar-refractivity contribution in [1.82, 2.24) is 10.6 Å². The number of alkyl halides is 3. The van der Waals surface area contributed by atoms with Crippen molar-refractivity contribution in [2.45, 2.75) is 38.5 Å². The molecule has 1 aromatic rings. The van der Waals surface area contributed by atoms with Gasteiger partial charge in [0.2, 0.25) is 0 Å². The fourth-order valence-corrected chi connectivity index (χ4v) is 2.81. The quantitative estimate of drug-likeness (QED) is 0.836. The molecule has 1 amide bonds. The summed E-state index contributed by atoms with van der Waals surface area (Å²) < 4.78 is 39.6. The minimum Gasteiger partial charge on any atom is -0.382 e. The maximum atomic E-state index is 13.2. The number of benzene rings is 1. The number of hydrogen-bond donors (Lipinski definition) is 2. The van der Waals surface area contributed by atoms with Crippen LogP contribution in [0.25, 0.3) is 5.70 Å². The molecule has 2 N–H and O–H groups in total. The summed E-state index contributed by atoms with van der Waals surface area (Å²) in [7, 11) is 0. The summed E-state index contributed by atoms with van der Waals surface area (Å²) in [6.07, 6.45) is -0.822. The van der Waals surface area contributed by atoms with Gasteiger partial charge in [-0.05, 0) is 43.0 Å². The molecular weight excluding hydrogens is 281 g/mol. The molecule has 0 spiro atoms. The van der Waals surface area contributed by atoms with Gasteiger partial charge in [0.05, 0.1) is 5.56 Å². The van der Waals surface area contributed by atoms with Crippen LogP contribution >= 0.6 is 0 Å². The third kappa shape index (κ3) is 2.50. The van der Waals surface area contributed by atoms with Gasteiger partial charge in [0.15, 0.2) is 0 Å². The molecular formula is C15H15F3N2O. The molecule has 1 atom stereocenters. The highest BCUT2D eigenvalue weighted by Gasteiger charge is 2.38. The summed E-state index contributed by atoms with van der Waals surface area (Å²) in [6, 6.07) is 2.89. The lowest BCUT2D eigenvalue weighted by Crippen LogP contribution is -2.27. The SMILES string of the molecule is CC1CCC=C(c2cc3c(c(C(F)(F)F)c2)CNC3=O)N1. The van der Waals surface area contributed by atoms with E-state index in [1.807, 2.05) is 13.0 Å². The summed E-state index contributed by atoms with van der Waals surface area (Å²) >= 11 is 0. The average molecular weight is 296 g/mol. The van der Waals surface area contributed by atoms with Crippen molar-refractivity contribution < 1.29 is 18.0 Å². The van der Waals surface area contributed by atoms with Crippen molar-refractivity contribution in [1.29, 1.82) is 0 Å². The second-order valence-electron chi connectivity index (χ2n) is 5.47. The predicted molar refractivity (Wildman–Crippen MR) is 72.4 cm³/mol. The Hall–Kier alpha value is -1.98. The number of carbonyl (C=O) groups is 1. The largest absolute Gasteiger partial charge is 0.416 e. The van der Waals surface area contributed by atoms with Crippen molar-refractivity contribution in [3.05, 3.63) is 40.5 Å². The maximum Gasteiger partial charge on any atom is 0.416 e. The monoisotopic (exact) mass is 296 g/mol. The smallest absolute Gasteiger partial charge is 0.382 e. The number of amides is 1. The molecule has 3 rings (SSSR count). The van der Waals surface area contributed by atoms with Crippen molar-refractivity contribution >= 4 is 11.6 Å². The molecule has 1 unspecified atom stereocenters. The Morgan fingerprint density at radius 3 is 2.71 bits per heavy atom. The van der Waals surface area contributed by atoms with Gasteiger partial charge in [-0.1, -0.05) is 6.08 Å². The fourth-order valence-electron chi connectivity index (χ4n) is 2.81. The Kier molecular flexibility index (Phi) is 3.19. The van der Waals surface area contributed by atoms with Gasteiger partial charge >= 0.3 is 6.18 Å². The van der Waals surface area contributed by atoms with Crippen LogP contribution in [0, 0.1) is 0 Å². The third-order valence-electron chi connectivity index (χ3n) is 3.89. The average Bonchev–Trinajstić information content (AvgIpc) is 2.78. The zero-order valence-corrected chi connectivity index (χ0v) is 11.5. The third-order valence-corrected chi connectivity index (χ3v) is 3.89. The normalized spacial score (nSPS) is 21.4. The molecule has 2 heterocycles. The van der Waals surface area contributed by atoms with Gasteiger partial charge in [0.25, 0.3) is 5.91 Å². The molecule has 1 aromatic carbocycles. The van der Waals surface area contributed by atoms with Crippen molar-refractivity contribution in [3.63, 3.8) is 0 Å². The molecule has 2 aliphatic heterocycles. The standard InChI is InChI=1S/C15H15F3N2O/c1-8-3-2-4-13(20-8)9-5-10-11(7-19-14(10)21)12(6-9)15(16,17)18/h4-6,8,20H,2-3,7H2,1H3,(H,19,21). The second-order valence-corrected chi connectivity index (χ2v) is 5.47. The van der Waals surface area contributed by atoms with E-state index in [4.69, 9.17) is 0 Å². The number of fused-ring (bicyclic) bond motifs is 1. The van der Waals surface area contributed by atoms with E-state index in [0.29, 0.717) is 11.3 Å². The molecule has 2 aliphatic rings. The lowest BCUT2D eigenvalue weighted by molar-refractivity contribution is -0.138. The van der Waals surface area contributed by atoms with Gasteiger partial charge in [-0.3, -0.25) is 4.79 Å². The van der Waals surface area contributed by atoms with Crippen LogP contribution < -0.4 is 10.6 Å². The van der Waals surface area contributed by atoms with Gasteiger partial charge < -0.3 is 10.6 Å². The molecule has 6 heteroatoms. The van der Waals surface area contributed by atoms with Crippen LogP contribution in [-0.4, -0.2) is 11.9 Å². The first-order valence-electron chi connectivity index (χ1n) is 6.85. The Morgan fingerprint density at radius 2 is 2.05 bits per heavy atom. The van der Waals surface area contributed by atoms with E-state index in [1.54, 1.807) is 6.07 Å². The van der Waals surface area contributed by atoms with E-state index < -0.39 is 17.6 Å². The number of nitrogens with one attached hydrogen (secondary N) is 2. The number of rotatable bonds is 1. The van der Waals surface area contributed by atoms with Crippen LogP contribution in [0.5, 0.6) is 0 Å². The number of allylic oxidation sites excluding steroid dienone is 1. The van der Waals surface area contributed by atoms with E-state index in [2.05, 4.69) is 10.6 Å². The summed E-state index contributed by atoms with van der Waals surface area (Å²) in [5.41, 5.74) is 0.530. The lowest BCUT2D eigenvalue weighted by atomic mass is 9.95. The van der Waals surface area contributed by atoms with E-state index in [1.165, 1.54) is 0 Å². The van der Waals surface area contributed by atoms with Gasteiger partial charge in [0.1, 0.15) is 0 Å². The first-order valence-corrected chi connectivity index (χ1v) is 6.85. The van der Waals surface area contributed by atoms with Crippen LogP contribution in [-0.2, 0) is 12.7 Å². The summed E-state index contributed by atoms with van der Waals surface area (Å²) in [6.45, 7) is 1.92. The number of halogens is 3. The topological polar surface area (TPSA) is 41.1 Å². The highest BCUT2D eigenvalue weighted by atomic mass is 19.4. The lowest BCUT2D eigenvalue weighted by Gasteiger charge is -2.23. The highest BCUT2D eigenvalue weighted by Crippen LogP contribution is 2.37. The van der Waals surface area contributed by atoms with E-state index in [0.717, 1.165) is 18.9 Å². The second kappa shape index (κ2) is 4.79. The Morgan fingerprint density at radius 1 is 1.29 bits per heavy atom. The maximum absolute atomic E-state index is 13.2. The summed E-state index contributed by atoms with van der Waals surface area (Å²) in [4.78, 5) is 11.7. The molecule has 21 heavy (non-hydrogen) atoms. The van der Waals surface area contributed by atoms with Crippen LogP contribution in [0.1, 0.15) is 46.8 Å². The van der Waals surface area contributed by atoms with Gasteiger partial charge in [-0.25, -0.2) is 0 Å². The molecule has 112 valence electrons. The minimum atomic E-state index is -4.47. The fraction of sp³-hybridized carbons (Fsp3) is 0.400. The molecule has 3 nitrogen and oxygen atoms in total. The molecule has 0 bridgehead atoms. The van der Waals surface area contributed by atoms with Crippen LogP contribution in [0.4, 0.5) is 13.2 Å². The summed E-state index contributed by atoms with van der Waals surface area (Å²) in [5, 5.41) is 5.64. The molecule has 0 fully saturated rings. The first kappa shape index (κ1) is 14.0. The Bertz CT molecular complexity index is 635. The number of carbonyl (C=O) groups excluding carboxylic acids is 1. The Labute approximate surface area is 120 Å². The summed E-state index contributed by atoms with van der Waals surface area (Å²) in [5.74, 6) is -0.443. The van der Waals surface area contributed by atoms with Crippen molar-refractivity contribution in [2.24, 2.45) is 0 Å². The highest BCUT2D eigenvalue weighted by molar-refractivity contribution is 5.99. The van der Waals surface area contributed by atoms with E-state index in [9.17, 15) is 18.0 Å². The Balaban J connectivity index is 2.13. The van der Waals surface area contributed by atoms with Crippen LogP contribution in [0.2, 0.25) is 0 Å². The molecule has 0 radical (unpaired) electrons. The van der Waals surface area contributed by atoms with Crippen LogP contribution in [0.15, 0.2) is 18.2 Å². The number of hydrogen-bond acceptors (Lipinski definition) is 2.